The number of piperidine rings is 1. The lowest BCUT2D eigenvalue weighted by Crippen LogP contribution is -2.71. The summed E-state index contributed by atoms with van der Waals surface area (Å²) in [7, 11) is 0. The Morgan fingerprint density at radius 1 is 1.38 bits per heavy atom. The van der Waals surface area contributed by atoms with Crippen molar-refractivity contribution >= 4 is 0 Å². The van der Waals surface area contributed by atoms with Crippen LogP contribution in [-0.2, 0) is 4.74 Å². The molecule has 2 heterocycles. The quantitative estimate of drug-likeness (QED) is 0.797. The third-order valence-electron chi connectivity index (χ3n) is 4.17. The summed E-state index contributed by atoms with van der Waals surface area (Å²) in [5, 5.41) is 0. The molecular weight excluding hydrogens is 200 g/mol. The average Bonchev–Trinajstić information content (AvgIpc) is 2.24. The fraction of sp³-hybridized carbons (Fsp3) is 1.00. The molecule has 2 N–H and O–H groups in total. The maximum absolute atomic E-state index is 5.92. The molecule has 0 saturated carbocycles. The number of hydrogen-bond donors (Lipinski definition) is 1. The van der Waals surface area contributed by atoms with E-state index in [0.29, 0.717) is 17.7 Å². The lowest BCUT2D eigenvalue weighted by Gasteiger charge is -2.59. The molecule has 0 aromatic heterocycles. The van der Waals surface area contributed by atoms with Gasteiger partial charge >= 0.3 is 0 Å². The summed E-state index contributed by atoms with van der Waals surface area (Å²) >= 11 is 0. The zero-order chi connectivity index (χ0) is 11.8. The van der Waals surface area contributed by atoms with E-state index in [-0.39, 0.29) is 6.04 Å². The maximum atomic E-state index is 5.92. The van der Waals surface area contributed by atoms with Gasteiger partial charge < -0.3 is 10.5 Å². The van der Waals surface area contributed by atoms with Gasteiger partial charge in [-0.1, -0.05) is 6.42 Å². The number of rotatable bonds is 3. The molecule has 16 heavy (non-hydrogen) atoms. The molecule has 0 radical (unpaired) electrons. The van der Waals surface area contributed by atoms with Crippen LogP contribution in [0.15, 0.2) is 0 Å². The van der Waals surface area contributed by atoms with Gasteiger partial charge in [-0.2, -0.15) is 0 Å². The molecule has 2 fully saturated rings. The molecule has 2 aliphatic rings. The molecule has 94 valence electrons. The van der Waals surface area contributed by atoms with Crippen molar-refractivity contribution in [2.45, 2.75) is 70.2 Å². The highest BCUT2D eigenvalue weighted by Crippen LogP contribution is 2.42. The van der Waals surface area contributed by atoms with Crippen molar-refractivity contribution in [1.29, 1.82) is 0 Å². The first-order chi connectivity index (χ1) is 7.56. The van der Waals surface area contributed by atoms with Crippen molar-refractivity contribution in [3.05, 3.63) is 0 Å². The van der Waals surface area contributed by atoms with Crippen LogP contribution in [0, 0.1) is 0 Å². The second-order valence-electron chi connectivity index (χ2n) is 5.86. The average molecular weight is 226 g/mol. The predicted octanol–water partition coefficient (Wildman–Crippen LogP) is 1.76. The third kappa shape index (κ3) is 2.01. The van der Waals surface area contributed by atoms with Gasteiger partial charge in [0, 0.05) is 12.1 Å². The second-order valence-corrected chi connectivity index (χ2v) is 5.86. The topological polar surface area (TPSA) is 38.5 Å². The number of nitrogens with zero attached hydrogens (tertiary/aromatic N) is 1. The highest BCUT2D eigenvalue weighted by molar-refractivity contribution is 5.07. The normalized spacial score (nSPS) is 37.7. The molecule has 3 atom stereocenters. The summed E-state index contributed by atoms with van der Waals surface area (Å²) in [6.45, 7) is 8.83. The van der Waals surface area contributed by atoms with E-state index in [0.717, 1.165) is 13.0 Å². The number of nitrogens with two attached hydrogens (primary N) is 1. The molecule has 0 bridgehead atoms. The molecule has 2 aliphatic heterocycles. The lowest BCUT2D eigenvalue weighted by molar-refractivity contribution is -0.225. The van der Waals surface area contributed by atoms with Crippen LogP contribution in [0.4, 0.5) is 0 Å². The van der Waals surface area contributed by atoms with Gasteiger partial charge in [-0.25, -0.2) is 0 Å². The van der Waals surface area contributed by atoms with Crippen LogP contribution in [0.1, 0.15) is 46.5 Å². The Bertz CT molecular complexity index is 242. The smallest absolute Gasteiger partial charge is 0.0797 e. The van der Waals surface area contributed by atoms with Crippen LogP contribution in [0.25, 0.3) is 0 Å². The SMILES string of the molecule is CC(N)CC1OCC12CCCCN2C(C)C. The minimum atomic E-state index is 0.248. The standard InChI is InChI=1S/C13H26N2O/c1-10(2)15-7-5-4-6-13(15)9-16-12(13)8-11(3)14/h10-12H,4-9,14H2,1-3H3. The van der Waals surface area contributed by atoms with E-state index < -0.39 is 0 Å². The van der Waals surface area contributed by atoms with Gasteiger partial charge in [0.2, 0.25) is 0 Å². The molecule has 3 unspecified atom stereocenters. The maximum Gasteiger partial charge on any atom is 0.0797 e. The van der Waals surface area contributed by atoms with Crippen molar-refractivity contribution < 1.29 is 4.74 Å². The Kier molecular flexibility index (Phi) is 3.57. The largest absolute Gasteiger partial charge is 0.374 e. The summed E-state index contributed by atoms with van der Waals surface area (Å²) < 4.78 is 5.79. The van der Waals surface area contributed by atoms with Crippen LogP contribution in [0.2, 0.25) is 0 Å². The Hall–Kier alpha value is -0.120. The van der Waals surface area contributed by atoms with E-state index in [4.69, 9.17) is 10.5 Å². The minimum absolute atomic E-state index is 0.248. The third-order valence-corrected chi connectivity index (χ3v) is 4.17. The van der Waals surface area contributed by atoms with Crippen molar-refractivity contribution in [2.75, 3.05) is 13.2 Å². The van der Waals surface area contributed by atoms with Gasteiger partial charge in [0.25, 0.3) is 0 Å². The Balaban J connectivity index is 2.08. The second kappa shape index (κ2) is 4.63. The van der Waals surface area contributed by atoms with Gasteiger partial charge in [-0.3, -0.25) is 4.90 Å². The van der Waals surface area contributed by atoms with Crippen molar-refractivity contribution in [3.63, 3.8) is 0 Å². The molecule has 0 aromatic carbocycles. The predicted molar refractivity (Wildman–Crippen MR) is 66.4 cm³/mol. The van der Waals surface area contributed by atoms with Crippen molar-refractivity contribution in [3.8, 4) is 0 Å². The Morgan fingerprint density at radius 3 is 2.62 bits per heavy atom. The van der Waals surface area contributed by atoms with Gasteiger partial charge in [0.05, 0.1) is 18.2 Å². The molecule has 2 saturated heterocycles. The molecule has 3 heteroatoms. The van der Waals surface area contributed by atoms with E-state index in [2.05, 4.69) is 25.7 Å². The molecule has 3 nitrogen and oxygen atoms in total. The molecule has 0 aromatic rings. The van der Waals surface area contributed by atoms with Crippen molar-refractivity contribution in [2.24, 2.45) is 5.73 Å². The zero-order valence-electron chi connectivity index (χ0n) is 10.9. The number of likely N-dealkylation sites (tertiary alicyclic amines) is 1. The van der Waals surface area contributed by atoms with Gasteiger partial charge in [0.1, 0.15) is 0 Å². The fourth-order valence-corrected chi connectivity index (χ4v) is 3.37. The minimum Gasteiger partial charge on any atom is -0.374 e. The van der Waals surface area contributed by atoms with Crippen molar-refractivity contribution in [1.82, 2.24) is 4.90 Å². The van der Waals surface area contributed by atoms with Crippen LogP contribution in [0.5, 0.6) is 0 Å². The molecule has 2 rings (SSSR count). The highest BCUT2D eigenvalue weighted by atomic mass is 16.5. The molecule has 0 aliphatic carbocycles. The number of ether oxygens (including phenoxy) is 1. The monoisotopic (exact) mass is 226 g/mol. The lowest BCUT2D eigenvalue weighted by atomic mass is 9.75. The van der Waals surface area contributed by atoms with E-state index >= 15 is 0 Å². The highest BCUT2D eigenvalue weighted by Gasteiger charge is 2.53. The first-order valence-electron chi connectivity index (χ1n) is 6.70. The summed E-state index contributed by atoms with van der Waals surface area (Å²) in [6, 6.07) is 0.873. The van der Waals surface area contributed by atoms with Gasteiger partial charge in [-0.05, 0) is 46.6 Å². The van der Waals surface area contributed by atoms with Crippen LogP contribution >= 0.6 is 0 Å². The summed E-state index contributed by atoms with van der Waals surface area (Å²) in [6.07, 6.45) is 5.36. The van der Waals surface area contributed by atoms with Gasteiger partial charge in [-0.15, -0.1) is 0 Å². The van der Waals surface area contributed by atoms with Crippen LogP contribution < -0.4 is 5.73 Å². The first-order valence-corrected chi connectivity index (χ1v) is 6.70. The van der Waals surface area contributed by atoms with Gasteiger partial charge in [0.15, 0.2) is 0 Å². The molecule has 0 amide bonds. The van der Waals surface area contributed by atoms with E-state index in [1.807, 2.05) is 0 Å². The number of hydrogen-bond acceptors (Lipinski definition) is 3. The van der Waals surface area contributed by atoms with E-state index in [1.54, 1.807) is 0 Å². The first kappa shape index (κ1) is 12.3. The van der Waals surface area contributed by atoms with E-state index in [9.17, 15) is 0 Å². The Labute approximate surface area is 99.3 Å². The molecular formula is C13H26N2O. The summed E-state index contributed by atoms with van der Waals surface area (Å²) in [4.78, 5) is 2.66. The summed E-state index contributed by atoms with van der Waals surface area (Å²) in [5.74, 6) is 0. The fourth-order valence-electron chi connectivity index (χ4n) is 3.37. The van der Waals surface area contributed by atoms with Crippen LogP contribution in [-0.4, -0.2) is 41.8 Å². The summed E-state index contributed by atoms with van der Waals surface area (Å²) in [5.41, 5.74) is 6.24. The Morgan fingerprint density at radius 2 is 2.12 bits per heavy atom. The van der Waals surface area contributed by atoms with Crippen LogP contribution in [0.3, 0.4) is 0 Å². The zero-order valence-corrected chi connectivity index (χ0v) is 10.9. The molecule has 1 spiro atoms. The van der Waals surface area contributed by atoms with E-state index in [1.165, 1.54) is 25.8 Å².